The average Bonchev–Trinajstić information content (AvgIpc) is 2.87. The normalized spacial score (nSPS) is 10.6. The Hall–Kier alpha value is -4.53. The molecule has 0 saturated carbocycles. The van der Waals surface area contributed by atoms with Crippen LogP contribution < -0.4 is 20.2 Å². The molecule has 0 heterocycles. The lowest BCUT2D eigenvalue weighted by Gasteiger charge is -2.07. The number of hydrogen-bond acceptors (Lipinski definition) is 6. The van der Waals surface area contributed by atoms with Gasteiger partial charge in [0, 0.05) is 5.69 Å². The molecule has 3 rings (SSSR count). The fraction of sp³-hybridized carbons (Fsp3) is 0.154. The van der Waals surface area contributed by atoms with Crippen molar-refractivity contribution in [2.24, 2.45) is 5.10 Å². The number of nitrogens with zero attached hydrogens (tertiary/aromatic N) is 1. The second-order valence-electron chi connectivity index (χ2n) is 7.35. The molecule has 8 nitrogen and oxygen atoms in total. The van der Waals surface area contributed by atoms with Crippen LogP contribution in [-0.4, -0.2) is 30.6 Å². The number of unbranched alkanes of at least 4 members (excludes halogenated alkanes) is 1. The van der Waals surface area contributed by atoms with Crippen molar-refractivity contribution < 1.29 is 28.2 Å². The highest BCUT2D eigenvalue weighted by molar-refractivity contribution is 6.39. The number of carbonyl (C=O) groups is 3. The number of hydrogen-bond donors (Lipinski definition) is 2. The number of halogens is 1. The van der Waals surface area contributed by atoms with Crippen LogP contribution in [0.2, 0.25) is 0 Å². The Balaban J connectivity index is 1.46. The van der Waals surface area contributed by atoms with Gasteiger partial charge in [-0.1, -0.05) is 13.3 Å². The molecule has 0 aliphatic rings. The molecule has 2 N–H and O–H groups in total. The molecule has 3 aromatic rings. The molecule has 0 atom stereocenters. The minimum Gasteiger partial charge on any atom is -0.494 e. The Kier molecular flexibility index (Phi) is 9.07. The van der Waals surface area contributed by atoms with E-state index < -0.39 is 23.6 Å². The summed E-state index contributed by atoms with van der Waals surface area (Å²) < 4.78 is 23.8. The number of amides is 2. The van der Waals surface area contributed by atoms with Crippen LogP contribution in [0.1, 0.15) is 35.7 Å². The van der Waals surface area contributed by atoms with Gasteiger partial charge in [0.05, 0.1) is 18.4 Å². The van der Waals surface area contributed by atoms with Crippen molar-refractivity contribution in [2.75, 3.05) is 11.9 Å². The van der Waals surface area contributed by atoms with E-state index in [-0.39, 0.29) is 5.69 Å². The molecule has 0 saturated heterocycles. The summed E-state index contributed by atoms with van der Waals surface area (Å²) in [6, 6.07) is 18.1. The maximum atomic E-state index is 12.9. The Bertz CT molecular complexity index is 1180. The van der Waals surface area contributed by atoms with E-state index in [0.29, 0.717) is 29.2 Å². The monoisotopic (exact) mass is 477 g/mol. The zero-order chi connectivity index (χ0) is 25.0. The summed E-state index contributed by atoms with van der Waals surface area (Å²) in [5.41, 5.74) is 3.36. The summed E-state index contributed by atoms with van der Waals surface area (Å²) in [6.45, 7) is 2.71. The molecule has 3 aromatic carbocycles. The highest BCUT2D eigenvalue weighted by Crippen LogP contribution is 2.17. The van der Waals surface area contributed by atoms with Crippen LogP contribution in [0.25, 0.3) is 0 Å². The van der Waals surface area contributed by atoms with Gasteiger partial charge >= 0.3 is 17.8 Å². The fourth-order valence-electron chi connectivity index (χ4n) is 2.75. The van der Waals surface area contributed by atoms with Crippen molar-refractivity contribution in [2.45, 2.75) is 19.8 Å². The third kappa shape index (κ3) is 8.08. The summed E-state index contributed by atoms with van der Waals surface area (Å²) in [5.74, 6) is -1.88. The van der Waals surface area contributed by atoms with Crippen LogP contribution in [0.15, 0.2) is 77.9 Å². The molecular weight excluding hydrogens is 453 g/mol. The van der Waals surface area contributed by atoms with Gasteiger partial charge in [0.1, 0.15) is 17.3 Å². The van der Waals surface area contributed by atoms with E-state index in [9.17, 15) is 18.8 Å². The minimum atomic E-state index is -0.988. The number of ether oxygens (including phenoxy) is 2. The number of esters is 1. The highest BCUT2D eigenvalue weighted by Gasteiger charge is 2.13. The van der Waals surface area contributed by atoms with Crippen molar-refractivity contribution in [3.8, 4) is 11.5 Å². The van der Waals surface area contributed by atoms with Gasteiger partial charge in [-0.3, -0.25) is 9.59 Å². The smallest absolute Gasteiger partial charge is 0.343 e. The maximum Gasteiger partial charge on any atom is 0.343 e. The zero-order valence-corrected chi connectivity index (χ0v) is 19.0. The van der Waals surface area contributed by atoms with Gasteiger partial charge < -0.3 is 14.8 Å². The van der Waals surface area contributed by atoms with E-state index in [1.807, 2.05) is 0 Å². The SMILES string of the molecule is CCCCOc1ccc(C(=O)Oc2ccc(/C=N/NC(=O)C(=O)Nc3ccc(F)cc3)cc2)cc1. The quantitative estimate of drug-likeness (QED) is 0.119. The topological polar surface area (TPSA) is 106 Å². The molecule has 0 bridgehead atoms. The van der Waals surface area contributed by atoms with Crippen molar-refractivity contribution in [1.82, 2.24) is 5.43 Å². The number of rotatable bonds is 9. The molecule has 0 radical (unpaired) electrons. The Morgan fingerprint density at radius 1 is 0.886 bits per heavy atom. The van der Waals surface area contributed by atoms with E-state index in [4.69, 9.17) is 9.47 Å². The predicted molar refractivity (Wildman–Crippen MR) is 129 cm³/mol. The van der Waals surface area contributed by atoms with Crippen LogP contribution >= 0.6 is 0 Å². The van der Waals surface area contributed by atoms with Crippen molar-refractivity contribution in [1.29, 1.82) is 0 Å². The van der Waals surface area contributed by atoms with Gasteiger partial charge in [-0.2, -0.15) is 5.10 Å². The van der Waals surface area contributed by atoms with Gasteiger partial charge in [-0.15, -0.1) is 0 Å². The second-order valence-corrected chi connectivity index (χ2v) is 7.35. The summed E-state index contributed by atoms with van der Waals surface area (Å²) in [5, 5.41) is 6.05. The number of benzene rings is 3. The van der Waals surface area contributed by atoms with Gasteiger partial charge in [-0.05, 0) is 84.8 Å². The van der Waals surface area contributed by atoms with Crippen LogP contribution in [0.4, 0.5) is 10.1 Å². The minimum absolute atomic E-state index is 0.275. The maximum absolute atomic E-state index is 12.9. The molecule has 0 spiro atoms. The highest BCUT2D eigenvalue weighted by atomic mass is 19.1. The van der Waals surface area contributed by atoms with E-state index in [0.717, 1.165) is 25.0 Å². The van der Waals surface area contributed by atoms with Gasteiger partial charge in [0.2, 0.25) is 0 Å². The Labute approximate surface area is 201 Å². The summed E-state index contributed by atoms with van der Waals surface area (Å²) in [6.07, 6.45) is 3.33. The molecule has 0 fully saturated rings. The molecule has 2 amide bonds. The lowest BCUT2D eigenvalue weighted by molar-refractivity contribution is -0.136. The first kappa shape index (κ1) is 25.1. The fourth-order valence-corrected chi connectivity index (χ4v) is 2.75. The van der Waals surface area contributed by atoms with Crippen LogP contribution in [-0.2, 0) is 9.59 Å². The van der Waals surface area contributed by atoms with Crippen LogP contribution in [0.5, 0.6) is 11.5 Å². The Morgan fingerprint density at radius 2 is 1.54 bits per heavy atom. The van der Waals surface area contributed by atoms with Crippen molar-refractivity contribution in [3.63, 3.8) is 0 Å². The molecule has 0 aromatic heterocycles. The largest absolute Gasteiger partial charge is 0.494 e. The molecule has 35 heavy (non-hydrogen) atoms. The first-order valence-corrected chi connectivity index (χ1v) is 10.9. The second kappa shape index (κ2) is 12.6. The molecular formula is C26H24FN3O5. The third-order valence-electron chi connectivity index (χ3n) is 4.64. The van der Waals surface area contributed by atoms with Crippen molar-refractivity contribution >= 4 is 29.7 Å². The molecule has 0 unspecified atom stereocenters. The zero-order valence-electron chi connectivity index (χ0n) is 19.0. The standard InChI is InChI=1S/C26H24FN3O5/c1-2-3-16-34-22-14-6-19(7-15-22)26(33)35-23-12-4-18(5-13-23)17-28-30-25(32)24(31)29-21-10-8-20(27)9-11-21/h4-15,17H,2-3,16H2,1H3,(H,29,31)(H,30,32)/b28-17+. The predicted octanol–water partition coefficient (Wildman–Crippen LogP) is 4.31. The molecule has 0 aliphatic carbocycles. The third-order valence-corrected chi connectivity index (χ3v) is 4.64. The van der Waals surface area contributed by atoms with E-state index in [2.05, 4.69) is 22.8 Å². The number of nitrogens with one attached hydrogen (secondary N) is 2. The average molecular weight is 477 g/mol. The van der Waals surface area contributed by atoms with Gasteiger partial charge in [0.15, 0.2) is 0 Å². The van der Waals surface area contributed by atoms with Crippen LogP contribution in [0, 0.1) is 5.82 Å². The van der Waals surface area contributed by atoms with E-state index >= 15 is 0 Å². The summed E-state index contributed by atoms with van der Waals surface area (Å²) >= 11 is 0. The summed E-state index contributed by atoms with van der Waals surface area (Å²) in [4.78, 5) is 36.0. The lowest BCUT2D eigenvalue weighted by atomic mass is 10.2. The van der Waals surface area contributed by atoms with Gasteiger partial charge in [0.25, 0.3) is 0 Å². The molecule has 0 aliphatic heterocycles. The molecule has 9 heteroatoms. The van der Waals surface area contributed by atoms with Gasteiger partial charge in [-0.25, -0.2) is 14.6 Å². The van der Waals surface area contributed by atoms with Crippen molar-refractivity contribution in [3.05, 3.63) is 89.7 Å². The number of anilines is 1. The first-order chi connectivity index (χ1) is 16.9. The summed E-state index contributed by atoms with van der Waals surface area (Å²) in [7, 11) is 0. The molecule has 180 valence electrons. The Morgan fingerprint density at radius 3 is 2.20 bits per heavy atom. The number of carbonyl (C=O) groups excluding carboxylic acids is 3. The van der Waals surface area contributed by atoms with E-state index in [1.54, 1.807) is 48.5 Å². The van der Waals surface area contributed by atoms with E-state index in [1.165, 1.54) is 18.3 Å². The first-order valence-electron chi connectivity index (χ1n) is 10.9. The number of hydrazone groups is 1. The van der Waals surface area contributed by atoms with Crippen LogP contribution in [0.3, 0.4) is 0 Å². The lowest BCUT2D eigenvalue weighted by Crippen LogP contribution is -2.32.